The van der Waals surface area contributed by atoms with Crippen LogP contribution in [0.4, 0.5) is 13.2 Å². The van der Waals surface area contributed by atoms with Crippen molar-refractivity contribution in [3.05, 3.63) is 46.7 Å². The van der Waals surface area contributed by atoms with E-state index >= 15 is 0 Å². The van der Waals surface area contributed by atoms with E-state index in [1.165, 1.54) is 24.3 Å². The molecule has 0 aliphatic heterocycles. The standard InChI is InChI=1S/C14H10ClF3O3/c1-7(13(19)20)10-6-11(21-12(10)14(16,17)18)8-2-4-9(15)5-3-8/h2-7H,1H3,(H,19,20)/p-1. The lowest BCUT2D eigenvalue weighted by atomic mass is 10.0. The molecule has 1 aromatic heterocycles. The highest BCUT2D eigenvalue weighted by atomic mass is 35.5. The van der Waals surface area contributed by atoms with Gasteiger partial charge in [-0.25, -0.2) is 0 Å². The Morgan fingerprint density at radius 2 is 1.86 bits per heavy atom. The van der Waals surface area contributed by atoms with Gasteiger partial charge in [0.15, 0.2) is 0 Å². The summed E-state index contributed by atoms with van der Waals surface area (Å²) in [5, 5.41) is 11.3. The summed E-state index contributed by atoms with van der Waals surface area (Å²) >= 11 is 5.70. The zero-order valence-corrected chi connectivity index (χ0v) is 11.5. The van der Waals surface area contributed by atoms with Gasteiger partial charge in [-0.2, -0.15) is 13.2 Å². The molecule has 0 spiro atoms. The third kappa shape index (κ3) is 3.21. The summed E-state index contributed by atoms with van der Waals surface area (Å²) in [6, 6.07) is 7.01. The van der Waals surface area contributed by atoms with E-state index < -0.39 is 29.4 Å². The number of alkyl halides is 3. The minimum atomic E-state index is -4.79. The molecule has 21 heavy (non-hydrogen) atoms. The Kier molecular flexibility index (Phi) is 4.00. The molecule has 0 N–H and O–H groups in total. The Morgan fingerprint density at radius 1 is 1.29 bits per heavy atom. The number of halogens is 4. The van der Waals surface area contributed by atoms with E-state index in [-0.39, 0.29) is 5.76 Å². The number of furan rings is 1. The lowest BCUT2D eigenvalue weighted by Gasteiger charge is -2.13. The highest BCUT2D eigenvalue weighted by Gasteiger charge is 2.39. The molecule has 0 saturated heterocycles. The van der Waals surface area contributed by atoms with Crippen LogP contribution in [-0.2, 0) is 11.0 Å². The van der Waals surface area contributed by atoms with Crippen LogP contribution in [0.15, 0.2) is 34.7 Å². The summed E-state index contributed by atoms with van der Waals surface area (Å²) < 4.78 is 43.6. The maximum absolute atomic E-state index is 12.9. The van der Waals surface area contributed by atoms with Gasteiger partial charge in [0.1, 0.15) is 5.76 Å². The van der Waals surface area contributed by atoms with Gasteiger partial charge < -0.3 is 14.3 Å². The zero-order chi connectivity index (χ0) is 15.8. The molecule has 1 aromatic carbocycles. The second kappa shape index (κ2) is 5.44. The second-order valence-corrected chi connectivity index (χ2v) is 4.88. The number of aliphatic carboxylic acids is 1. The van der Waals surface area contributed by atoms with Crippen LogP contribution in [0.1, 0.15) is 24.2 Å². The van der Waals surface area contributed by atoms with Crippen molar-refractivity contribution in [2.24, 2.45) is 0 Å². The molecule has 0 fully saturated rings. The molecule has 0 bridgehead atoms. The predicted molar refractivity (Wildman–Crippen MR) is 67.6 cm³/mol. The van der Waals surface area contributed by atoms with Crippen molar-refractivity contribution in [3.8, 4) is 11.3 Å². The van der Waals surface area contributed by atoms with E-state index in [4.69, 9.17) is 16.0 Å². The van der Waals surface area contributed by atoms with Crippen molar-refractivity contribution < 1.29 is 27.5 Å². The van der Waals surface area contributed by atoms with E-state index in [1.807, 2.05) is 0 Å². The summed E-state index contributed by atoms with van der Waals surface area (Å²) in [5.74, 6) is -4.46. The summed E-state index contributed by atoms with van der Waals surface area (Å²) in [6.07, 6.45) is -4.79. The van der Waals surface area contributed by atoms with E-state index in [0.717, 1.165) is 13.0 Å². The van der Waals surface area contributed by atoms with Crippen LogP contribution in [0.2, 0.25) is 5.02 Å². The van der Waals surface area contributed by atoms with Crippen molar-refractivity contribution >= 4 is 17.6 Å². The van der Waals surface area contributed by atoms with Gasteiger partial charge in [-0.3, -0.25) is 0 Å². The average Bonchev–Trinajstić information content (AvgIpc) is 2.83. The molecule has 2 aromatic rings. The molecular formula is C14H9ClF3O3-. The fourth-order valence-corrected chi connectivity index (χ4v) is 1.96. The SMILES string of the molecule is CC(C(=O)[O-])c1cc(-c2ccc(Cl)cc2)oc1C(F)(F)F. The van der Waals surface area contributed by atoms with Crippen molar-refractivity contribution in [2.45, 2.75) is 19.0 Å². The minimum absolute atomic E-state index is 0.0814. The predicted octanol–water partition coefficient (Wildman–Crippen LogP) is 3.47. The molecule has 1 unspecified atom stereocenters. The summed E-state index contributed by atoms with van der Waals surface area (Å²) in [6.45, 7) is 1.11. The lowest BCUT2D eigenvalue weighted by molar-refractivity contribution is -0.307. The van der Waals surface area contributed by atoms with Crippen LogP contribution in [0, 0.1) is 0 Å². The van der Waals surface area contributed by atoms with Crippen molar-refractivity contribution in [3.63, 3.8) is 0 Å². The third-order valence-electron chi connectivity index (χ3n) is 2.97. The number of carboxylic acids is 1. The highest BCUT2D eigenvalue weighted by Crippen LogP contribution is 2.40. The smallest absolute Gasteiger partial charge is 0.449 e. The van der Waals surface area contributed by atoms with Crippen molar-refractivity contribution in [2.75, 3.05) is 0 Å². The number of hydrogen-bond donors (Lipinski definition) is 0. The molecule has 112 valence electrons. The molecule has 2 rings (SSSR count). The fourth-order valence-electron chi connectivity index (χ4n) is 1.83. The average molecular weight is 318 g/mol. The molecule has 0 aliphatic rings. The molecular weight excluding hydrogens is 309 g/mol. The van der Waals surface area contributed by atoms with Crippen LogP contribution in [0.3, 0.4) is 0 Å². The Hall–Kier alpha value is -1.95. The van der Waals surface area contributed by atoms with E-state index in [0.29, 0.717) is 10.6 Å². The lowest BCUT2D eigenvalue weighted by Crippen LogP contribution is -2.28. The molecule has 0 aliphatic carbocycles. The van der Waals surface area contributed by atoms with E-state index in [9.17, 15) is 23.1 Å². The molecule has 7 heteroatoms. The molecule has 0 saturated carbocycles. The van der Waals surface area contributed by atoms with Gasteiger partial charge in [0.2, 0.25) is 5.76 Å². The number of carbonyl (C=O) groups excluding carboxylic acids is 1. The van der Waals surface area contributed by atoms with Crippen LogP contribution in [0.25, 0.3) is 11.3 Å². The van der Waals surface area contributed by atoms with Crippen molar-refractivity contribution in [1.82, 2.24) is 0 Å². The first-order valence-corrected chi connectivity index (χ1v) is 6.25. The molecule has 0 amide bonds. The molecule has 3 nitrogen and oxygen atoms in total. The van der Waals surface area contributed by atoms with Gasteiger partial charge in [-0.05, 0) is 30.3 Å². The molecule has 1 atom stereocenters. The number of hydrogen-bond acceptors (Lipinski definition) is 3. The van der Waals surface area contributed by atoms with Gasteiger partial charge in [-0.15, -0.1) is 0 Å². The van der Waals surface area contributed by atoms with E-state index in [2.05, 4.69) is 0 Å². The Morgan fingerprint density at radius 3 is 2.33 bits per heavy atom. The Balaban J connectivity index is 2.55. The number of rotatable bonds is 3. The number of carbonyl (C=O) groups is 1. The normalized spacial score (nSPS) is 13.2. The van der Waals surface area contributed by atoms with E-state index in [1.54, 1.807) is 0 Å². The summed E-state index contributed by atoms with van der Waals surface area (Å²) in [4.78, 5) is 10.8. The van der Waals surface area contributed by atoms with Gasteiger partial charge >= 0.3 is 6.18 Å². The first-order valence-electron chi connectivity index (χ1n) is 5.88. The van der Waals surface area contributed by atoms with Crippen LogP contribution >= 0.6 is 11.6 Å². The topological polar surface area (TPSA) is 53.3 Å². The third-order valence-corrected chi connectivity index (χ3v) is 3.22. The summed E-state index contributed by atoms with van der Waals surface area (Å²) in [5.41, 5.74) is -0.103. The fraction of sp³-hybridized carbons (Fsp3) is 0.214. The quantitative estimate of drug-likeness (QED) is 0.871. The largest absolute Gasteiger partial charge is 0.550 e. The zero-order valence-electron chi connectivity index (χ0n) is 10.7. The monoisotopic (exact) mass is 317 g/mol. The number of carboxylic acid groups (broad SMARTS) is 1. The number of benzene rings is 1. The van der Waals surface area contributed by atoms with Gasteiger partial charge in [0.05, 0.1) is 0 Å². The molecule has 0 radical (unpaired) electrons. The van der Waals surface area contributed by atoms with Gasteiger partial charge in [0.25, 0.3) is 0 Å². The highest BCUT2D eigenvalue weighted by molar-refractivity contribution is 6.30. The second-order valence-electron chi connectivity index (χ2n) is 4.44. The Bertz CT molecular complexity index is 659. The first kappa shape index (κ1) is 15.4. The summed E-state index contributed by atoms with van der Waals surface area (Å²) in [7, 11) is 0. The minimum Gasteiger partial charge on any atom is -0.550 e. The maximum atomic E-state index is 12.9. The van der Waals surface area contributed by atoms with Crippen LogP contribution in [0.5, 0.6) is 0 Å². The van der Waals surface area contributed by atoms with Crippen molar-refractivity contribution in [1.29, 1.82) is 0 Å². The van der Waals surface area contributed by atoms with Crippen LogP contribution < -0.4 is 5.11 Å². The van der Waals surface area contributed by atoms with Gasteiger partial charge in [-0.1, -0.05) is 18.5 Å². The van der Waals surface area contributed by atoms with Crippen LogP contribution in [-0.4, -0.2) is 5.97 Å². The van der Waals surface area contributed by atoms with Gasteiger partial charge in [0, 0.05) is 28.0 Å². The Labute approximate surface area is 122 Å². The maximum Gasteiger partial charge on any atom is 0.449 e. The first-order chi connectivity index (χ1) is 9.70. The molecule has 1 heterocycles.